The third-order valence-corrected chi connectivity index (χ3v) is 6.29. The molecule has 4 rings (SSSR count). The molecule has 0 atom stereocenters. The van der Waals surface area contributed by atoms with Crippen molar-refractivity contribution in [3.63, 3.8) is 0 Å². The van der Waals surface area contributed by atoms with E-state index < -0.39 is 0 Å². The highest BCUT2D eigenvalue weighted by Crippen LogP contribution is 2.34. The minimum atomic E-state index is -0.193. The molecule has 1 fully saturated rings. The molecular weight excluding hydrogens is 395 g/mol. The highest BCUT2D eigenvalue weighted by Gasteiger charge is 2.32. The van der Waals surface area contributed by atoms with Crippen molar-refractivity contribution in [2.24, 2.45) is 5.16 Å². The Morgan fingerprint density at radius 3 is 2.55 bits per heavy atom. The van der Waals surface area contributed by atoms with Crippen molar-refractivity contribution in [3.05, 3.63) is 65.0 Å². The maximum Gasteiger partial charge on any atom is 0.217 e. The zero-order valence-electron chi connectivity index (χ0n) is 17.9. The number of carbonyl (C=O) groups excluding carboxylic acids is 1. The molecule has 0 bridgehead atoms. The van der Waals surface area contributed by atoms with Crippen LogP contribution in [0.15, 0.2) is 47.6 Å². The second-order valence-electron chi connectivity index (χ2n) is 8.39. The normalized spacial score (nSPS) is 18.4. The fourth-order valence-electron chi connectivity index (χ4n) is 4.53. The summed E-state index contributed by atoms with van der Waals surface area (Å²) in [6, 6.07) is 13.2. The van der Waals surface area contributed by atoms with Crippen LogP contribution >= 0.6 is 0 Å². The van der Waals surface area contributed by atoms with E-state index in [4.69, 9.17) is 0 Å². The third-order valence-electron chi connectivity index (χ3n) is 6.29. The highest BCUT2D eigenvalue weighted by atomic mass is 19.1. The van der Waals surface area contributed by atoms with Crippen LogP contribution in [0, 0.1) is 5.82 Å². The maximum absolute atomic E-state index is 13.1. The van der Waals surface area contributed by atoms with Gasteiger partial charge in [0.1, 0.15) is 11.5 Å². The quantitative estimate of drug-likeness (QED) is 0.552. The van der Waals surface area contributed by atoms with Gasteiger partial charge in [-0.15, -0.1) is 0 Å². The zero-order chi connectivity index (χ0) is 21.8. The smallest absolute Gasteiger partial charge is 0.217 e. The molecule has 2 aliphatic rings. The fraction of sp³-hybridized carbons (Fsp3) is 0.417. The predicted molar refractivity (Wildman–Crippen MR) is 119 cm³/mol. The molecule has 1 saturated heterocycles. The first-order valence-electron chi connectivity index (χ1n) is 10.9. The van der Waals surface area contributed by atoms with Gasteiger partial charge in [-0.05, 0) is 48.6 Å². The van der Waals surface area contributed by atoms with Gasteiger partial charge >= 0.3 is 0 Å². The van der Waals surface area contributed by atoms with E-state index >= 15 is 0 Å². The molecule has 1 amide bonds. The van der Waals surface area contributed by atoms with Crippen molar-refractivity contribution in [1.82, 2.24) is 10.2 Å². The van der Waals surface area contributed by atoms with Crippen molar-refractivity contribution in [2.75, 3.05) is 31.1 Å². The largest absolute Gasteiger partial charge is 0.411 e. The highest BCUT2D eigenvalue weighted by molar-refractivity contribution is 6.11. The molecule has 2 heterocycles. The van der Waals surface area contributed by atoms with Gasteiger partial charge in [-0.25, -0.2) is 4.39 Å². The van der Waals surface area contributed by atoms with Crippen molar-refractivity contribution < 1.29 is 14.4 Å². The number of fused-ring (bicyclic) bond motifs is 1. The molecule has 7 heteroatoms. The molecule has 2 aliphatic heterocycles. The van der Waals surface area contributed by atoms with Crippen LogP contribution in [0.5, 0.6) is 0 Å². The van der Waals surface area contributed by atoms with Crippen LogP contribution < -0.4 is 10.2 Å². The van der Waals surface area contributed by atoms with E-state index in [0.717, 1.165) is 61.3 Å². The average molecular weight is 425 g/mol. The van der Waals surface area contributed by atoms with Crippen LogP contribution in [0.25, 0.3) is 0 Å². The number of anilines is 1. The predicted octanol–water partition coefficient (Wildman–Crippen LogP) is 3.17. The zero-order valence-corrected chi connectivity index (χ0v) is 17.9. The van der Waals surface area contributed by atoms with Gasteiger partial charge in [-0.1, -0.05) is 29.4 Å². The van der Waals surface area contributed by atoms with Gasteiger partial charge in [0, 0.05) is 50.4 Å². The number of likely N-dealkylation sites (tertiary alicyclic amines) is 1. The third kappa shape index (κ3) is 5.05. The first-order chi connectivity index (χ1) is 15.0. The summed E-state index contributed by atoms with van der Waals surface area (Å²) in [5.74, 6) is -0.246. The maximum atomic E-state index is 13.1. The fourth-order valence-corrected chi connectivity index (χ4v) is 4.53. The van der Waals surface area contributed by atoms with Gasteiger partial charge in [-0.2, -0.15) is 0 Å². The lowest BCUT2D eigenvalue weighted by molar-refractivity contribution is -0.119. The number of amides is 1. The number of hydrogen-bond acceptors (Lipinski definition) is 5. The lowest BCUT2D eigenvalue weighted by atomic mass is 10.0. The van der Waals surface area contributed by atoms with Gasteiger partial charge in [-0.3, -0.25) is 4.79 Å². The van der Waals surface area contributed by atoms with E-state index in [1.165, 1.54) is 19.1 Å². The average Bonchev–Trinajstić information content (AvgIpc) is 3.15. The first kappa shape index (κ1) is 21.3. The summed E-state index contributed by atoms with van der Waals surface area (Å²) in [4.78, 5) is 16.1. The second-order valence-corrected chi connectivity index (χ2v) is 8.39. The summed E-state index contributed by atoms with van der Waals surface area (Å²) < 4.78 is 13.1. The number of carbonyl (C=O) groups is 1. The Bertz CT molecular complexity index is 953. The first-order valence-corrected chi connectivity index (χ1v) is 10.9. The lowest BCUT2D eigenvalue weighted by Crippen LogP contribution is -2.45. The van der Waals surface area contributed by atoms with E-state index in [1.807, 2.05) is 24.3 Å². The summed E-state index contributed by atoms with van der Waals surface area (Å²) in [5, 5.41) is 15.9. The van der Waals surface area contributed by atoms with Crippen LogP contribution in [0.3, 0.4) is 0 Å². The molecule has 6 nitrogen and oxygen atoms in total. The van der Waals surface area contributed by atoms with Gasteiger partial charge in [0.2, 0.25) is 5.91 Å². The Kier molecular flexibility index (Phi) is 6.51. The van der Waals surface area contributed by atoms with E-state index in [1.54, 1.807) is 0 Å². The van der Waals surface area contributed by atoms with Crippen LogP contribution in [-0.4, -0.2) is 53.9 Å². The Morgan fingerprint density at radius 1 is 1.16 bits per heavy atom. The van der Waals surface area contributed by atoms with Crippen molar-refractivity contribution >= 4 is 17.3 Å². The van der Waals surface area contributed by atoms with Gasteiger partial charge in [0.05, 0.1) is 6.54 Å². The molecule has 0 spiro atoms. The van der Waals surface area contributed by atoms with Gasteiger partial charge in [0.25, 0.3) is 0 Å². The van der Waals surface area contributed by atoms with Crippen LogP contribution in [0.1, 0.15) is 36.5 Å². The number of hydrogen-bond donors (Lipinski definition) is 2. The molecule has 2 N–H and O–H groups in total. The Morgan fingerprint density at radius 2 is 1.87 bits per heavy atom. The van der Waals surface area contributed by atoms with Gasteiger partial charge < -0.3 is 20.3 Å². The molecule has 0 aliphatic carbocycles. The summed E-state index contributed by atoms with van der Waals surface area (Å²) in [6.45, 7) is 5.60. The monoisotopic (exact) mass is 424 g/mol. The number of halogens is 1. The van der Waals surface area contributed by atoms with Crippen LogP contribution in [0.2, 0.25) is 0 Å². The van der Waals surface area contributed by atoms with Crippen LogP contribution in [0.4, 0.5) is 10.1 Å². The number of piperidine rings is 1. The van der Waals surface area contributed by atoms with E-state index in [9.17, 15) is 14.4 Å². The molecule has 2 aromatic carbocycles. The standard InChI is InChI=1S/C24H29FN4O2/c1-17(30)26-15-19-4-7-22-23(27-31)16-29(24(22)14-19)21-9-12-28(13-10-21)11-8-18-2-5-20(25)6-3-18/h2-7,14,21,31H,8-13,15-16H2,1H3,(H,26,30)/b27-23+. The molecular formula is C24H29FN4O2. The molecule has 31 heavy (non-hydrogen) atoms. The summed E-state index contributed by atoms with van der Waals surface area (Å²) in [5.41, 5.74) is 4.94. The topological polar surface area (TPSA) is 68.2 Å². The molecule has 0 saturated carbocycles. The Labute approximate surface area is 182 Å². The van der Waals surface area contributed by atoms with Crippen molar-refractivity contribution in [2.45, 2.75) is 38.8 Å². The van der Waals surface area contributed by atoms with E-state index in [-0.39, 0.29) is 11.7 Å². The molecule has 0 aromatic heterocycles. The number of nitrogens with zero attached hydrogens (tertiary/aromatic N) is 3. The van der Waals surface area contributed by atoms with Crippen LogP contribution in [-0.2, 0) is 17.8 Å². The van der Waals surface area contributed by atoms with E-state index in [2.05, 4.69) is 26.3 Å². The summed E-state index contributed by atoms with van der Waals surface area (Å²) in [7, 11) is 0. The number of oxime groups is 1. The Balaban J connectivity index is 1.38. The second kappa shape index (κ2) is 9.47. The SMILES string of the molecule is CC(=O)NCc1ccc2c(c1)N(C1CCN(CCc3ccc(F)cc3)CC1)C/C2=N\O. The Hall–Kier alpha value is -2.93. The number of rotatable bonds is 6. The summed E-state index contributed by atoms with van der Waals surface area (Å²) >= 11 is 0. The van der Waals surface area contributed by atoms with Gasteiger partial charge in [0.15, 0.2) is 0 Å². The summed E-state index contributed by atoms with van der Waals surface area (Å²) in [6.07, 6.45) is 3.00. The lowest BCUT2D eigenvalue weighted by Gasteiger charge is -2.38. The number of nitrogens with one attached hydrogen (secondary N) is 1. The molecule has 164 valence electrons. The minimum Gasteiger partial charge on any atom is -0.411 e. The number of benzene rings is 2. The van der Waals surface area contributed by atoms with Crippen molar-refractivity contribution in [3.8, 4) is 0 Å². The molecule has 0 unspecified atom stereocenters. The van der Waals surface area contributed by atoms with E-state index in [0.29, 0.717) is 24.8 Å². The van der Waals surface area contributed by atoms with Crippen molar-refractivity contribution in [1.29, 1.82) is 0 Å². The molecule has 2 aromatic rings. The minimum absolute atomic E-state index is 0.0528. The molecule has 0 radical (unpaired) electrons.